The third-order valence-corrected chi connectivity index (χ3v) is 5.32. The molecule has 1 aromatic heterocycles. The van der Waals surface area contributed by atoms with Crippen LogP contribution in [0.15, 0.2) is 59.6 Å². The molecule has 146 valence electrons. The maximum Gasteiger partial charge on any atom is 0.255 e. The number of nitrogens with zero attached hydrogens (tertiary/aromatic N) is 2. The molecule has 0 aliphatic carbocycles. The van der Waals surface area contributed by atoms with E-state index in [1.165, 1.54) is 29.1 Å². The second-order valence-electron chi connectivity index (χ2n) is 6.32. The summed E-state index contributed by atoms with van der Waals surface area (Å²) in [7, 11) is -3.77. The Kier molecular flexibility index (Phi) is 5.30. The van der Waals surface area contributed by atoms with Crippen molar-refractivity contribution in [2.45, 2.75) is 24.8 Å². The molecule has 9 heteroatoms. The number of hydrogen-bond acceptors (Lipinski definition) is 4. The van der Waals surface area contributed by atoms with E-state index >= 15 is 0 Å². The van der Waals surface area contributed by atoms with Gasteiger partial charge in [0.2, 0.25) is 10.0 Å². The molecule has 0 saturated carbocycles. The molecule has 0 radical (unpaired) electrons. The van der Waals surface area contributed by atoms with Crippen LogP contribution in [0.25, 0.3) is 5.69 Å². The highest BCUT2D eigenvalue weighted by atomic mass is 32.2. The summed E-state index contributed by atoms with van der Waals surface area (Å²) in [5.41, 5.74) is 1.78. The van der Waals surface area contributed by atoms with Crippen LogP contribution in [-0.2, 0) is 10.0 Å². The Morgan fingerprint density at radius 3 is 2.43 bits per heavy atom. The molecule has 1 amide bonds. The van der Waals surface area contributed by atoms with Gasteiger partial charge in [0.05, 0.1) is 28.4 Å². The van der Waals surface area contributed by atoms with Crippen LogP contribution in [0.1, 0.15) is 34.6 Å². The number of nitrogens with one attached hydrogen (secondary N) is 1. The smallest absolute Gasteiger partial charge is 0.255 e. The average Bonchev–Trinajstić information content (AvgIpc) is 3.03. The van der Waals surface area contributed by atoms with Crippen molar-refractivity contribution in [2.24, 2.45) is 5.14 Å². The average molecular weight is 402 g/mol. The molecule has 1 heterocycles. The SMILES string of the molecule is Cc1c(C(=O)N[C@@H](C)c2ccc(S(N)(=O)=O)cc2)cnn1-c1ccccc1F. The van der Waals surface area contributed by atoms with Gasteiger partial charge in [0.15, 0.2) is 0 Å². The lowest BCUT2D eigenvalue weighted by Gasteiger charge is -2.15. The number of para-hydroxylation sites is 1. The predicted octanol–water partition coefficient (Wildman–Crippen LogP) is 2.46. The summed E-state index contributed by atoms with van der Waals surface area (Å²) in [5, 5.41) is 12.0. The van der Waals surface area contributed by atoms with E-state index < -0.39 is 21.9 Å². The van der Waals surface area contributed by atoms with Gasteiger partial charge in [0, 0.05) is 0 Å². The molecule has 3 aromatic rings. The van der Waals surface area contributed by atoms with Crippen molar-refractivity contribution in [1.82, 2.24) is 15.1 Å². The standard InChI is InChI=1S/C19H19FN4O3S/c1-12(14-7-9-15(10-8-14)28(21,26)27)23-19(25)16-11-22-24(13(16)2)18-6-4-3-5-17(18)20/h3-12H,1-2H3,(H,23,25)(H2,21,26,27)/t12-/m0/s1. The molecule has 7 nitrogen and oxygen atoms in total. The maximum atomic E-state index is 14.0. The molecule has 0 spiro atoms. The minimum absolute atomic E-state index is 0.00298. The molecule has 0 saturated heterocycles. The fourth-order valence-corrected chi connectivity index (χ4v) is 3.32. The number of rotatable bonds is 5. The lowest BCUT2D eigenvalue weighted by Crippen LogP contribution is -2.27. The fourth-order valence-electron chi connectivity index (χ4n) is 2.80. The second kappa shape index (κ2) is 7.53. The number of hydrogen-bond donors (Lipinski definition) is 2. The summed E-state index contributed by atoms with van der Waals surface area (Å²) in [6.45, 7) is 3.44. The Bertz CT molecular complexity index is 1120. The molecule has 0 unspecified atom stereocenters. The van der Waals surface area contributed by atoms with Gasteiger partial charge in [-0.1, -0.05) is 24.3 Å². The molecule has 0 bridgehead atoms. The molecule has 0 fully saturated rings. The number of halogens is 1. The van der Waals surface area contributed by atoms with Crippen molar-refractivity contribution in [3.63, 3.8) is 0 Å². The quantitative estimate of drug-likeness (QED) is 0.683. The van der Waals surface area contributed by atoms with Crippen LogP contribution < -0.4 is 10.5 Å². The molecule has 0 aliphatic rings. The molecular weight excluding hydrogens is 383 g/mol. The number of primary sulfonamides is 1. The van der Waals surface area contributed by atoms with E-state index in [1.807, 2.05) is 0 Å². The lowest BCUT2D eigenvalue weighted by molar-refractivity contribution is 0.0939. The zero-order valence-corrected chi connectivity index (χ0v) is 16.1. The molecule has 0 aliphatic heterocycles. The highest BCUT2D eigenvalue weighted by Gasteiger charge is 2.19. The number of carbonyl (C=O) groups excluding carboxylic acids is 1. The van der Waals surface area contributed by atoms with Gasteiger partial charge in [-0.15, -0.1) is 0 Å². The van der Waals surface area contributed by atoms with Crippen molar-refractivity contribution in [2.75, 3.05) is 0 Å². The number of carbonyl (C=O) groups is 1. The molecule has 3 N–H and O–H groups in total. The number of nitrogens with two attached hydrogens (primary N) is 1. The van der Waals surface area contributed by atoms with Crippen molar-refractivity contribution < 1.29 is 17.6 Å². The van der Waals surface area contributed by atoms with Crippen molar-refractivity contribution in [3.8, 4) is 5.69 Å². The molecule has 1 atom stereocenters. The highest BCUT2D eigenvalue weighted by molar-refractivity contribution is 7.89. The molecule has 2 aromatic carbocycles. The first-order valence-corrected chi connectivity index (χ1v) is 9.96. The zero-order chi connectivity index (χ0) is 20.5. The predicted molar refractivity (Wildman–Crippen MR) is 102 cm³/mol. The van der Waals surface area contributed by atoms with E-state index in [9.17, 15) is 17.6 Å². The summed E-state index contributed by atoms with van der Waals surface area (Å²) < 4.78 is 38.0. The third kappa shape index (κ3) is 3.95. The van der Waals surface area contributed by atoms with Crippen LogP contribution in [0.2, 0.25) is 0 Å². The van der Waals surface area contributed by atoms with Gasteiger partial charge in [-0.25, -0.2) is 22.6 Å². The number of benzene rings is 2. The van der Waals surface area contributed by atoms with Gasteiger partial charge >= 0.3 is 0 Å². The molecule has 28 heavy (non-hydrogen) atoms. The Labute approximate surface area is 162 Å². The van der Waals surface area contributed by atoms with E-state index in [-0.39, 0.29) is 16.5 Å². The lowest BCUT2D eigenvalue weighted by atomic mass is 10.1. The first-order valence-electron chi connectivity index (χ1n) is 8.41. The van der Waals surface area contributed by atoms with Gasteiger partial charge < -0.3 is 5.32 Å². The topological polar surface area (TPSA) is 107 Å². The zero-order valence-electron chi connectivity index (χ0n) is 15.3. The number of sulfonamides is 1. The van der Waals surface area contributed by atoms with Gasteiger partial charge in [-0.2, -0.15) is 5.10 Å². The first kappa shape index (κ1) is 19.7. The summed E-state index contributed by atoms with van der Waals surface area (Å²) >= 11 is 0. The minimum Gasteiger partial charge on any atom is -0.345 e. The Morgan fingerprint density at radius 2 is 1.82 bits per heavy atom. The van der Waals surface area contributed by atoms with Crippen LogP contribution in [0, 0.1) is 12.7 Å². The van der Waals surface area contributed by atoms with Crippen LogP contribution in [0.4, 0.5) is 4.39 Å². The van der Waals surface area contributed by atoms with Gasteiger partial charge in [-0.3, -0.25) is 4.79 Å². The van der Waals surface area contributed by atoms with E-state index in [1.54, 1.807) is 44.2 Å². The highest BCUT2D eigenvalue weighted by Crippen LogP contribution is 2.19. The largest absolute Gasteiger partial charge is 0.345 e. The van der Waals surface area contributed by atoms with E-state index in [4.69, 9.17) is 5.14 Å². The third-order valence-electron chi connectivity index (χ3n) is 4.39. The molecule has 3 rings (SSSR count). The Balaban J connectivity index is 1.79. The minimum atomic E-state index is -3.77. The summed E-state index contributed by atoms with van der Waals surface area (Å²) in [6, 6.07) is 11.7. The second-order valence-corrected chi connectivity index (χ2v) is 7.88. The fraction of sp³-hybridized carbons (Fsp3) is 0.158. The first-order chi connectivity index (χ1) is 13.2. The monoisotopic (exact) mass is 402 g/mol. The van der Waals surface area contributed by atoms with Gasteiger partial charge in [0.25, 0.3) is 5.91 Å². The van der Waals surface area contributed by atoms with Crippen LogP contribution >= 0.6 is 0 Å². The van der Waals surface area contributed by atoms with Crippen molar-refractivity contribution in [3.05, 3.63) is 77.4 Å². The maximum absolute atomic E-state index is 14.0. The van der Waals surface area contributed by atoms with Gasteiger partial charge in [-0.05, 0) is 43.7 Å². The van der Waals surface area contributed by atoms with E-state index in [0.717, 1.165) is 0 Å². The summed E-state index contributed by atoms with van der Waals surface area (Å²) in [6.07, 6.45) is 1.38. The Morgan fingerprint density at radius 1 is 1.18 bits per heavy atom. The van der Waals surface area contributed by atoms with E-state index in [0.29, 0.717) is 16.8 Å². The van der Waals surface area contributed by atoms with Crippen LogP contribution in [-0.4, -0.2) is 24.1 Å². The van der Waals surface area contributed by atoms with E-state index in [2.05, 4.69) is 10.4 Å². The normalized spacial score (nSPS) is 12.6. The van der Waals surface area contributed by atoms with Crippen molar-refractivity contribution in [1.29, 1.82) is 0 Å². The van der Waals surface area contributed by atoms with Crippen molar-refractivity contribution >= 4 is 15.9 Å². The van der Waals surface area contributed by atoms with Crippen LogP contribution in [0.3, 0.4) is 0 Å². The molecular formula is C19H19FN4O3S. The summed E-state index contributed by atoms with van der Waals surface area (Å²) in [5.74, 6) is -0.813. The van der Waals surface area contributed by atoms with Gasteiger partial charge in [0.1, 0.15) is 11.5 Å². The number of amides is 1. The van der Waals surface area contributed by atoms with Crippen LogP contribution in [0.5, 0.6) is 0 Å². The summed E-state index contributed by atoms with van der Waals surface area (Å²) in [4.78, 5) is 12.6. The number of aromatic nitrogens is 2. The Hall–Kier alpha value is -3.04.